The van der Waals surface area contributed by atoms with Crippen LogP contribution in [0.2, 0.25) is 0 Å². The second-order valence-electron chi connectivity index (χ2n) is 3.91. The average molecular weight is 193 g/mol. The molecule has 1 aliphatic heterocycles. The van der Waals surface area contributed by atoms with Crippen LogP contribution in [0.15, 0.2) is 18.2 Å². The number of rotatable bonds is 2. The Labute approximate surface area is 83.4 Å². The largest absolute Gasteiger partial charge is 0.506 e. The van der Waals surface area contributed by atoms with Crippen molar-refractivity contribution >= 4 is 5.69 Å². The number of aromatic hydroxyl groups is 1. The number of fused-ring (bicyclic) bond motifs is 1. The van der Waals surface area contributed by atoms with Gasteiger partial charge in [-0.2, -0.15) is 0 Å². The van der Waals surface area contributed by atoms with E-state index in [1.807, 2.05) is 19.1 Å². The lowest BCUT2D eigenvalue weighted by Crippen LogP contribution is -2.39. The predicted octanol–water partition coefficient (Wildman–Crippen LogP) is 1.50. The van der Waals surface area contributed by atoms with Crippen molar-refractivity contribution in [2.45, 2.75) is 25.3 Å². The van der Waals surface area contributed by atoms with Gasteiger partial charge in [0, 0.05) is 0 Å². The van der Waals surface area contributed by atoms with E-state index in [1.54, 1.807) is 6.07 Å². The van der Waals surface area contributed by atoms with Crippen molar-refractivity contribution in [1.82, 2.24) is 0 Å². The number of hydrogen-bond donors (Lipinski definition) is 3. The second-order valence-corrected chi connectivity index (χ2v) is 3.91. The maximum Gasteiger partial charge on any atom is 0.138 e. The lowest BCUT2D eigenvalue weighted by Gasteiger charge is -2.26. The molecule has 1 heterocycles. The molecule has 0 aliphatic carbocycles. The van der Waals surface area contributed by atoms with Gasteiger partial charge in [0.1, 0.15) is 5.75 Å². The molecule has 0 radical (unpaired) electrons. The summed E-state index contributed by atoms with van der Waals surface area (Å²) in [5.41, 5.74) is 1.59. The number of para-hydroxylation sites is 1. The molecular formula is C11H15NO2. The van der Waals surface area contributed by atoms with Gasteiger partial charge in [0.2, 0.25) is 0 Å². The van der Waals surface area contributed by atoms with E-state index in [-0.39, 0.29) is 17.9 Å². The Hall–Kier alpha value is -1.22. The summed E-state index contributed by atoms with van der Waals surface area (Å²) in [6.45, 7) is 2.13. The molecule has 3 N–H and O–H groups in total. The Balaban J connectivity index is 2.38. The molecule has 3 heteroatoms. The van der Waals surface area contributed by atoms with Gasteiger partial charge in [-0.3, -0.25) is 0 Å². The molecule has 1 atom stereocenters. The number of aliphatic hydroxyl groups is 1. The van der Waals surface area contributed by atoms with Gasteiger partial charge >= 0.3 is 0 Å². The maximum atomic E-state index is 9.61. The smallest absolute Gasteiger partial charge is 0.138 e. The first-order chi connectivity index (χ1) is 6.71. The highest BCUT2D eigenvalue weighted by Crippen LogP contribution is 2.39. The number of phenolic OH excluding ortho intramolecular Hbond substituents is 1. The van der Waals surface area contributed by atoms with Gasteiger partial charge in [0.15, 0.2) is 0 Å². The molecule has 0 bridgehead atoms. The molecule has 0 aromatic heterocycles. The van der Waals surface area contributed by atoms with Crippen LogP contribution in [-0.4, -0.2) is 22.4 Å². The monoisotopic (exact) mass is 193 g/mol. The van der Waals surface area contributed by atoms with E-state index in [2.05, 4.69) is 5.32 Å². The van der Waals surface area contributed by atoms with Crippen LogP contribution < -0.4 is 5.32 Å². The molecule has 76 valence electrons. The Bertz CT molecular complexity index is 345. The topological polar surface area (TPSA) is 52.5 Å². The molecule has 1 unspecified atom stereocenters. The van der Waals surface area contributed by atoms with Gasteiger partial charge < -0.3 is 15.5 Å². The van der Waals surface area contributed by atoms with Crippen LogP contribution in [0, 0.1) is 0 Å². The van der Waals surface area contributed by atoms with Crippen molar-refractivity contribution in [3.8, 4) is 5.75 Å². The molecule has 2 rings (SSSR count). The third kappa shape index (κ3) is 1.24. The Kier molecular flexibility index (Phi) is 2.11. The van der Waals surface area contributed by atoms with Crippen molar-refractivity contribution in [2.75, 3.05) is 11.9 Å². The van der Waals surface area contributed by atoms with Crippen molar-refractivity contribution in [2.24, 2.45) is 0 Å². The second kappa shape index (κ2) is 3.17. The molecule has 0 amide bonds. The van der Waals surface area contributed by atoms with Crippen LogP contribution in [0.25, 0.3) is 0 Å². The first kappa shape index (κ1) is 9.34. The number of nitrogens with one attached hydrogen (secondary N) is 1. The van der Waals surface area contributed by atoms with Gasteiger partial charge in [0.05, 0.1) is 17.8 Å². The fourth-order valence-corrected chi connectivity index (χ4v) is 1.97. The van der Waals surface area contributed by atoms with Gasteiger partial charge in [-0.25, -0.2) is 0 Å². The SMILES string of the molecule is CCC1(CO)Cc2cccc(O)c2N1. The summed E-state index contributed by atoms with van der Waals surface area (Å²) >= 11 is 0. The first-order valence-corrected chi connectivity index (χ1v) is 4.91. The van der Waals surface area contributed by atoms with Crippen molar-refractivity contribution in [1.29, 1.82) is 0 Å². The number of hydrogen-bond acceptors (Lipinski definition) is 3. The molecule has 14 heavy (non-hydrogen) atoms. The summed E-state index contributed by atoms with van der Waals surface area (Å²) in [6.07, 6.45) is 1.63. The van der Waals surface area contributed by atoms with Crippen molar-refractivity contribution < 1.29 is 10.2 Å². The molecule has 0 spiro atoms. The zero-order valence-electron chi connectivity index (χ0n) is 8.25. The van der Waals surface area contributed by atoms with Crippen molar-refractivity contribution in [3.63, 3.8) is 0 Å². The lowest BCUT2D eigenvalue weighted by molar-refractivity contribution is 0.211. The summed E-state index contributed by atoms with van der Waals surface area (Å²) in [6, 6.07) is 5.48. The summed E-state index contributed by atoms with van der Waals surface area (Å²) < 4.78 is 0. The van der Waals surface area contributed by atoms with E-state index in [9.17, 15) is 10.2 Å². The van der Waals surface area contributed by atoms with E-state index in [4.69, 9.17) is 0 Å². The summed E-state index contributed by atoms with van der Waals surface area (Å²) in [5.74, 6) is 0.270. The van der Waals surface area contributed by atoms with Crippen molar-refractivity contribution in [3.05, 3.63) is 23.8 Å². The molecule has 1 aromatic rings. The average Bonchev–Trinajstić information content (AvgIpc) is 2.59. The molecule has 3 nitrogen and oxygen atoms in total. The summed E-state index contributed by atoms with van der Waals surface area (Å²) in [7, 11) is 0. The van der Waals surface area contributed by atoms with Gasteiger partial charge in [-0.1, -0.05) is 19.1 Å². The van der Waals surface area contributed by atoms with Gasteiger partial charge in [0.25, 0.3) is 0 Å². The van der Waals surface area contributed by atoms with E-state index < -0.39 is 0 Å². The van der Waals surface area contributed by atoms with Crippen LogP contribution in [0.3, 0.4) is 0 Å². The van der Waals surface area contributed by atoms with Crippen LogP contribution in [-0.2, 0) is 6.42 Å². The third-order valence-corrected chi connectivity index (χ3v) is 3.03. The molecular weight excluding hydrogens is 178 g/mol. The van der Waals surface area contributed by atoms with E-state index in [0.717, 1.165) is 24.1 Å². The van der Waals surface area contributed by atoms with Crippen LogP contribution in [0.1, 0.15) is 18.9 Å². The third-order valence-electron chi connectivity index (χ3n) is 3.03. The van der Waals surface area contributed by atoms with E-state index in [1.165, 1.54) is 0 Å². The molecule has 0 saturated carbocycles. The minimum absolute atomic E-state index is 0.0949. The normalized spacial score (nSPS) is 24.4. The quantitative estimate of drug-likeness (QED) is 0.624. The van der Waals surface area contributed by atoms with E-state index in [0.29, 0.717) is 0 Å². The number of benzene rings is 1. The minimum Gasteiger partial charge on any atom is -0.506 e. The number of aliphatic hydroxyl groups excluding tert-OH is 1. The standard InChI is InChI=1S/C11H15NO2/c1-2-11(7-13)6-8-4-3-5-9(14)10(8)12-11/h3-5,12-14H,2,6-7H2,1H3. The highest BCUT2D eigenvalue weighted by Gasteiger charge is 2.35. The zero-order valence-corrected chi connectivity index (χ0v) is 8.25. The fraction of sp³-hybridized carbons (Fsp3) is 0.455. The highest BCUT2D eigenvalue weighted by atomic mass is 16.3. The fourth-order valence-electron chi connectivity index (χ4n) is 1.97. The number of anilines is 1. The molecule has 0 fully saturated rings. The first-order valence-electron chi connectivity index (χ1n) is 4.91. The Morgan fingerprint density at radius 3 is 2.86 bits per heavy atom. The van der Waals surface area contributed by atoms with E-state index >= 15 is 0 Å². The minimum atomic E-state index is -0.277. The molecule has 1 aromatic carbocycles. The summed E-state index contributed by atoms with van der Waals surface area (Å²) in [4.78, 5) is 0. The molecule has 1 aliphatic rings. The molecule has 0 saturated heterocycles. The maximum absolute atomic E-state index is 9.61. The number of phenols is 1. The zero-order chi connectivity index (χ0) is 10.2. The van der Waals surface area contributed by atoms with Gasteiger partial charge in [-0.15, -0.1) is 0 Å². The summed E-state index contributed by atoms with van der Waals surface area (Å²) in [5, 5.41) is 22.2. The Morgan fingerprint density at radius 1 is 1.50 bits per heavy atom. The van der Waals surface area contributed by atoms with Crippen LogP contribution >= 0.6 is 0 Å². The van der Waals surface area contributed by atoms with Crippen LogP contribution in [0.4, 0.5) is 5.69 Å². The van der Waals surface area contributed by atoms with Gasteiger partial charge in [-0.05, 0) is 24.5 Å². The highest BCUT2D eigenvalue weighted by molar-refractivity contribution is 5.67. The predicted molar refractivity (Wildman–Crippen MR) is 55.5 cm³/mol. The Morgan fingerprint density at radius 2 is 2.29 bits per heavy atom. The van der Waals surface area contributed by atoms with Crippen LogP contribution in [0.5, 0.6) is 5.75 Å². The lowest BCUT2D eigenvalue weighted by atomic mass is 9.93.